The van der Waals surface area contributed by atoms with Gasteiger partial charge in [0.2, 0.25) is 12.2 Å². The maximum absolute atomic E-state index is 10.1. The number of carbonyl (C=O) groups excluding carboxylic acids is 2. The predicted octanol–water partition coefficient (Wildman–Crippen LogP) is 13.2. The van der Waals surface area contributed by atoms with Crippen molar-refractivity contribution in [2.45, 2.75) is 219 Å². The number of isocyanates is 2. The number of hydrogen-bond donors (Lipinski definition) is 0. The van der Waals surface area contributed by atoms with Crippen LogP contribution in [0.3, 0.4) is 0 Å². The van der Waals surface area contributed by atoms with Crippen molar-refractivity contribution in [3.63, 3.8) is 0 Å². The molecule has 0 bridgehead atoms. The van der Waals surface area contributed by atoms with E-state index < -0.39 is 0 Å². The summed E-state index contributed by atoms with van der Waals surface area (Å²) in [7, 11) is 0. The highest BCUT2D eigenvalue weighted by Gasteiger charge is 2.02. The molecule has 0 rings (SSSR count). The van der Waals surface area contributed by atoms with Crippen molar-refractivity contribution in [2.75, 3.05) is 13.1 Å². The van der Waals surface area contributed by atoms with Crippen molar-refractivity contribution < 1.29 is 9.59 Å². The molecule has 0 aromatic carbocycles. The fourth-order valence-corrected chi connectivity index (χ4v) is 6.39. The molecule has 0 saturated heterocycles. The van der Waals surface area contributed by atoms with E-state index >= 15 is 0 Å². The second-order valence-electron chi connectivity index (χ2n) is 13.6. The molecule has 0 aromatic heterocycles. The van der Waals surface area contributed by atoms with Crippen molar-refractivity contribution in [1.29, 1.82) is 0 Å². The molecule has 0 radical (unpaired) electrons. The van der Waals surface area contributed by atoms with Crippen LogP contribution in [0.1, 0.15) is 219 Å². The summed E-state index contributed by atoms with van der Waals surface area (Å²) >= 11 is 0. The average Bonchev–Trinajstić information content (AvgIpc) is 3.01. The number of hydrogen-bond acceptors (Lipinski definition) is 4. The lowest BCUT2D eigenvalue weighted by molar-refractivity contribution is 0.444. The van der Waals surface area contributed by atoms with E-state index in [2.05, 4.69) is 16.9 Å². The van der Waals surface area contributed by atoms with Gasteiger partial charge in [0.25, 0.3) is 0 Å². The smallest absolute Gasteiger partial charge is 0.211 e. The highest BCUT2D eigenvalue weighted by Crippen LogP contribution is 2.18. The Hall–Kier alpha value is -1.24. The van der Waals surface area contributed by atoms with Gasteiger partial charge in [-0.1, -0.05) is 200 Å². The van der Waals surface area contributed by atoms with E-state index in [0.29, 0.717) is 13.1 Å². The monoisotopic (exact) mass is 603 g/mol. The third-order valence-corrected chi connectivity index (χ3v) is 9.31. The molecule has 0 spiro atoms. The molecular formula is C39H74N2O2. The molecule has 4 nitrogen and oxygen atoms in total. The van der Waals surface area contributed by atoms with Gasteiger partial charge in [-0.3, -0.25) is 0 Å². The normalized spacial score (nSPS) is 11.7. The second-order valence-corrected chi connectivity index (χ2v) is 13.6. The summed E-state index contributed by atoms with van der Waals surface area (Å²) in [5.74, 6) is 0.772. The summed E-state index contributed by atoms with van der Waals surface area (Å²) in [6.07, 6.45) is 49.1. The zero-order valence-corrected chi connectivity index (χ0v) is 29.0. The Balaban J connectivity index is 3.09. The fraction of sp³-hybridized carbons (Fsp3) is 0.949. The van der Waals surface area contributed by atoms with Gasteiger partial charge >= 0.3 is 0 Å². The summed E-state index contributed by atoms with van der Waals surface area (Å²) in [5, 5.41) is 0. The molecule has 0 aromatic rings. The molecule has 0 fully saturated rings. The fourth-order valence-electron chi connectivity index (χ4n) is 6.39. The number of unbranched alkanes of at least 4 members (excludes halogenated alkanes) is 29. The van der Waals surface area contributed by atoms with Crippen molar-refractivity contribution in [3.05, 3.63) is 0 Å². The van der Waals surface area contributed by atoms with Gasteiger partial charge in [0.05, 0.1) is 13.1 Å². The average molecular weight is 603 g/mol. The highest BCUT2D eigenvalue weighted by molar-refractivity contribution is 5.32. The highest BCUT2D eigenvalue weighted by atomic mass is 16.1. The molecule has 0 amide bonds. The molecule has 0 aliphatic rings. The van der Waals surface area contributed by atoms with Crippen LogP contribution in [0.2, 0.25) is 0 Å². The first-order valence-corrected chi connectivity index (χ1v) is 19.4. The van der Waals surface area contributed by atoms with Gasteiger partial charge in [-0.2, -0.15) is 0 Å². The van der Waals surface area contributed by atoms with Gasteiger partial charge in [0.1, 0.15) is 0 Å². The third-order valence-electron chi connectivity index (χ3n) is 9.31. The van der Waals surface area contributed by atoms with Gasteiger partial charge in [0.15, 0.2) is 0 Å². The van der Waals surface area contributed by atoms with Crippen molar-refractivity contribution in [1.82, 2.24) is 0 Å². The topological polar surface area (TPSA) is 58.9 Å². The molecule has 0 N–H and O–H groups in total. The lowest BCUT2D eigenvalue weighted by Gasteiger charge is -2.09. The Morgan fingerprint density at radius 2 is 0.535 bits per heavy atom. The van der Waals surface area contributed by atoms with Gasteiger partial charge in [-0.05, 0) is 25.2 Å². The van der Waals surface area contributed by atoms with Crippen LogP contribution < -0.4 is 0 Å². The maximum Gasteiger partial charge on any atom is 0.234 e. The lowest BCUT2D eigenvalue weighted by atomic mass is 9.97. The standard InChI is InChI=1S/C39H74N2O2/c1-39(34-32-36-41-38-43)33-30-28-26-24-22-20-18-16-14-12-10-8-6-4-2-3-5-7-9-11-13-15-17-19-21-23-25-27-29-31-35-40-37-42/h39H,2-36H2,1H3. The van der Waals surface area contributed by atoms with Crippen LogP contribution >= 0.6 is 0 Å². The minimum Gasteiger partial charge on any atom is -0.211 e. The second kappa shape index (κ2) is 38.8. The molecule has 0 saturated carbocycles. The summed E-state index contributed by atoms with van der Waals surface area (Å²) in [5.41, 5.74) is 0. The van der Waals surface area contributed by atoms with Crippen molar-refractivity contribution in [3.8, 4) is 0 Å². The molecule has 43 heavy (non-hydrogen) atoms. The first-order valence-electron chi connectivity index (χ1n) is 19.4. The Kier molecular flexibility index (Phi) is 37.7. The van der Waals surface area contributed by atoms with E-state index in [9.17, 15) is 9.59 Å². The number of nitrogens with zero attached hydrogens (tertiary/aromatic N) is 2. The molecule has 252 valence electrons. The molecular weight excluding hydrogens is 528 g/mol. The van der Waals surface area contributed by atoms with Crippen LogP contribution in [0.15, 0.2) is 9.98 Å². The van der Waals surface area contributed by atoms with Gasteiger partial charge < -0.3 is 0 Å². The maximum atomic E-state index is 10.1. The predicted molar refractivity (Wildman–Crippen MR) is 188 cm³/mol. The van der Waals surface area contributed by atoms with Crippen LogP contribution in [0, 0.1) is 5.92 Å². The minimum absolute atomic E-state index is 0.655. The van der Waals surface area contributed by atoms with Crippen LogP contribution in [0.4, 0.5) is 0 Å². The van der Waals surface area contributed by atoms with E-state index in [1.807, 2.05) is 0 Å². The van der Waals surface area contributed by atoms with E-state index in [1.54, 1.807) is 12.2 Å². The van der Waals surface area contributed by atoms with Crippen LogP contribution in [-0.2, 0) is 9.59 Å². The zero-order chi connectivity index (χ0) is 31.2. The zero-order valence-electron chi connectivity index (χ0n) is 29.0. The van der Waals surface area contributed by atoms with E-state index in [4.69, 9.17) is 0 Å². The van der Waals surface area contributed by atoms with E-state index in [1.165, 1.54) is 199 Å². The largest absolute Gasteiger partial charge is 0.234 e. The Morgan fingerprint density at radius 1 is 0.326 bits per heavy atom. The first kappa shape index (κ1) is 41.8. The Bertz CT molecular complexity index is 625. The molecule has 1 atom stereocenters. The van der Waals surface area contributed by atoms with Crippen LogP contribution in [0.25, 0.3) is 0 Å². The molecule has 0 heterocycles. The van der Waals surface area contributed by atoms with Gasteiger partial charge in [0, 0.05) is 0 Å². The molecule has 0 aliphatic heterocycles. The number of rotatable bonds is 37. The summed E-state index contributed by atoms with van der Waals surface area (Å²) in [4.78, 5) is 27.3. The van der Waals surface area contributed by atoms with Crippen molar-refractivity contribution in [2.24, 2.45) is 15.9 Å². The number of aliphatic imine (C=N–C) groups is 2. The Morgan fingerprint density at radius 3 is 0.814 bits per heavy atom. The lowest BCUT2D eigenvalue weighted by Crippen LogP contribution is -1.96. The molecule has 4 heteroatoms. The minimum atomic E-state index is 0.655. The quantitative estimate of drug-likeness (QED) is 0.0403. The van der Waals surface area contributed by atoms with Crippen LogP contribution in [0.5, 0.6) is 0 Å². The first-order chi connectivity index (χ1) is 21.3. The summed E-state index contributed by atoms with van der Waals surface area (Å²) in [6.45, 7) is 3.66. The van der Waals surface area contributed by atoms with E-state index in [0.717, 1.165) is 18.8 Å². The Labute approximate surface area is 269 Å². The van der Waals surface area contributed by atoms with Gasteiger partial charge in [-0.15, -0.1) is 0 Å². The van der Waals surface area contributed by atoms with Crippen LogP contribution in [-0.4, -0.2) is 25.2 Å². The molecule has 0 aliphatic carbocycles. The summed E-state index contributed by atoms with van der Waals surface area (Å²) < 4.78 is 0. The summed E-state index contributed by atoms with van der Waals surface area (Å²) in [6, 6.07) is 0. The third kappa shape index (κ3) is 38.7. The van der Waals surface area contributed by atoms with E-state index in [-0.39, 0.29) is 0 Å². The van der Waals surface area contributed by atoms with Crippen molar-refractivity contribution >= 4 is 12.2 Å². The van der Waals surface area contributed by atoms with Gasteiger partial charge in [-0.25, -0.2) is 19.6 Å². The SMILES string of the molecule is CC(CCCCCCCCCCCCCCCCCCCCCCCCCCCCCCCCN=C=O)CCCN=C=O. The molecule has 1 unspecified atom stereocenters.